The molecule has 0 aliphatic carbocycles. The van der Waals surface area contributed by atoms with E-state index in [1.807, 2.05) is 13.8 Å². The van der Waals surface area contributed by atoms with E-state index in [1.165, 1.54) is 0 Å². The molecule has 3 rings (SSSR count). The van der Waals surface area contributed by atoms with Gasteiger partial charge in [0.05, 0.1) is 23.2 Å². The molecule has 7 nitrogen and oxygen atoms in total. The summed E-state index contributed by atoms with van der Waals surface area (Å²) in [5.41, 5.74) is 0. The molecule has 1 N–H and O–H groups in total. The third-order valence-electron chi connectivity index (χ3n) is 6.63. The van der Waals surface area contributed by atoms with E-state index in [0.29, 0.717) is 25.9 Å². The first-order chi connectivity index (χ1) is 14.3. The van der Waals surface area contributed by atoms with E-state index in [0.717, 1.165) is 12.8 Å². The van der Waals surface area contributed by atoms with E-state index >= 15 is 0 Å². The lowest BCUT2D eigenvalue weighted by molar-refractivity contribution is -0.153. The summed E-state index contributed by atoms with van der Waals surface area (Å²) in [5.74, 6) is -1.49. The molecule has 3 aliphatic rings. The van der Waals surface area contributed by atoms with Crippen LogP contribution in [-0.2, 0) is 19.1 Å². The summed E-state index contributed by atoms with van der Waals surface area (Å²) in [6.07, 6.45) is 4.47. The van der Waals surface area contributed by atoms with Gasteiger partial charge in [-0.25, -0.2) is 0 Å². The summed E-state index contributed by atoms with van der Waals surface area (Å²) in [5, 5.41) is 9.22. The average Bonchev–Trinajstić information content (AvgIpc) is 3.33. The van der Waals surface area contributed by atoms with Crippen molar-refractivity contribution in [3.63, 3.8) is 0 Å². The number of hydrogen-bond donors (Lipinski definition) is 1. The van der Waals surface area contributed by atoms with Crippen LogP contribution in [0.15, 0.2) is 12.7 Å². The maximum atomic E-state index is 13.8. The zero-order valence-electron chi connectivity index (χ0n) is 18.2. The SMILES string of the molecule is C=CCN(C(=O)C1N(CCCCO)C(=O)[C@@H]2[C@H](C(=O)OCC)[C@@H]3CCC12S3)C(C)C. The normalized spacial score (nSPS) is 31.9. The number of likely N-dealkylation sites (tertiary alicyclic amines) is 1. The third kappa shape index (κ3) is 3.66. The van der Waals surface area contributed by atoms with Crippen LogP contribution in [0.25, 0.3) is 0 Å². The lowest BCUT2D eigenvalue weighted by Gasteiger charge is -2.38. The number of fused-ring (bicyclic) bond motifs is 1. The zero-order chi connectivity index (χ0) is 22.1. The van der Waals surface area contributed by atoms with Crippen LogP contribution in [-0.4, -0.2) is 81.1 Å². The number of carbonyl (C=O) groups excluding carboxylic acids is 3. The molecule has 3 heterocycles. The van der Waals surface area contributed by atoms with Gasteiger partial charge >= 0.3 is 5.97 Å². The lowest BCUT2D eigenvalue weighted by Crippen LogP contribution is -2.56. The van der Waals surface area contributed by atoms with E-state index in [9.17, 15) is 19.5 Å². The Morgan fingerprint density at radius 2 is 2.17 bits per heavy atom. The maximum absolute atomic E-state index is 13.8. The number of unbranched alkanes of at least 4 members (excludes halogenated alkanes) is 1. The first kappa shape index (κ1) is 23.1. The Balaban J connectivity index is 1.99. The fraction of sp³-hybridized carbons (Fsp3) is 0.773. The number of carbonyl (C=O) groups is 3. The van der Waals surface area contributed by atoms with Gasteiger partial charge in [-0.2, -0.15) is 0 Å². The highest BCUT2D eigenvalue weighted by atomic mass is 32.2. The van der Waals surface area contributed by atoms with Crippen molar-refractivity contribution in [3.05, 3.63) is 12.7 Å². The number of nitrogens with zero attached hydrogens (tertiary/aromatic N) is 2. The Morgan fingerprint density at radius 1 is 1.43 bits per heavy atom. The number of aliphatic hydroxyl groups is 1. The Bertz CT molecular complexity index is 699. The van der Waals surface area contributed by atoms with Crippen LogP contribution in [0.1, 0.15) is 46.5 Å². The molecule has 30 heavy (non-hydrogen) atoms. The number of rotatable bonds is 10. The van der Waals surface area contributed by atoms with Crippen LogP contribution in [0, 0.1) is 11.8 Å². The molecule has 0 aromatic heterocycles. The molecule has 3 fully saturated rings. The average molecular weight is 439 g/mol. The minimum absolute atomic E-state index is 0.0233. The van der Waals surface area contributed by atoms with E-state index < -0.39 is 22.6 Å². The second-order valence-corrected chi connectivity index (χ2v) is 10.2. The van der Waals surface area contributed by atoms with Gasteiger partial charge in [-0.3, -0.25) is 14.4 Å². The number of aliphatic hydroxyl groups excluding tert-OH is 1. The number of amides is 2. The van der Waals surface area contributed by atoms with E-state index in [4.69, 9.17) is 4.74 Å². The molecule has 168 valence electrons. The standard InChI is InChI=1S/C22H34N2O5S/c1-5-11-23(14(3)4)20(27)18-22-10-9-15(30-22)16(21(28)29-6-2)17(22)19(26)24(18)12-7-8-13-25/h5,14-18,25H,1,6-13H2,2-4H3/t15-,16+,17-,18?,22?/m0/s1. The third-order valence-corrected chi connectivity index (χ3v) is 8.58. The first-order valence-corrected chi connectivity index (χ1v) is 11.9. The van der Waals surface area contributed by atoms with Gasteiger partial charge in [0, 0.05) is 31.0 Å². The van der Waals surface area contributed by atoms with Gasteiger partial charge in [0.25, 0.3) is 0 Å². The molecule has 5 atom stereocenters. The zero-order valence-corrected chi connectivity index (χ0v) is 19.0. The molecule has 1 spiro atoms. The van der Waals surface area contributed by atoms with Crippen molar-refractivity contribution in [1.29, 1.82) is 0 Å². The van der Waals surface area contributed by atoms with E-state index in [-0.39, 0.29) is 42.3 Å². The van der Waals surface area contributed by atoms with Crippen molar-refractivity contribution in [2.75, 3.05) is 26.3 Å². The second kappa shape index (κ2) is 9.30. The number of hydrogen-bond acceptors (Lipinski definition) is 6. The molecule has 0 radical (unpaired) electrons. The van der Waals surface area contributed by atoms with E-state index in [2.05, 4.69) is 6.58 Å². The molecule has 8 heteroatoms. The quantitative estimate of drug-likeness (QED) is 0.318. The number of thioether (sulfide) groups is 1. The molecular weight excluding hydrogens is 404 g/mol. The van der Waals surface area contributed by atoms with Gasteiger partial charge in [-0.05, 0) is 46.5 Å². The number of ether oxygens (including phenoxy) is 1. The summed E-state index contributed by atoms with van der Waals surface area (Å²) < 4.78 is 4.74. The van der Waals surface area contributed by atoms with Crippen LogP contribution in [0.5, 0.6) is 0 Å². The minimum atomic E-state index is -0.592. The fourth-order valence-electron chi connectivity index (χ4n) is 5.42. The van der Waals surface area contributed by atoms with Crippen LogP contribution < -0.4 is 0 Å². The van der Waals surface area contributed by atoms with Crippen molar-refractivity contribution < 1.29 is 24.2 Å². The highest BCUT2D eigenvalue weighted by Gasteiger charge is 2.74. The van der Waals surface area contributed by atoms with Gasteiger partial charge in [0.2, 0.25) is 11.8 Å². The van der Waals surface area contributed by atoms with Crippen molar-refractivity contribution in [2.45, 2.75) is 68.5 Å². The fourth-order valence-corrected chi connectivity index (χ4v) is 7.63. The topological polar surface area (TPSA) is 87.2 Å². The van der Waals surface area contributed by atoms with Crippen molar-refractivity contribution >= 4 is 29.5 Å². The van der Waals surface area contributed by atoms with Crippen molar-refractivity contribution in [1.82, 2.24) is 9.80 Å². The number of esters is 1. The Kier molecular flexibility index (Phi) is 7.17. The van der Waals surface area contributed by atoms with Gasteiger partial charge in [-0.1, -0.05) is 6.08 Å². The summed E-state index contributed by atoms with van der Waals surface area (Å²) in [6.45, 7) is 10.6. The van der Waals surface area contributed by atoms with E-state index in [1.54, 1.807) is 34.6 Å². The molecule has 2 unspecified atom stereocenters. The van der Waals surface area contributed by atoms with Crippen LogP contribution in [0.2, 0.25) is 0 Å². The van der Waals surface area contributed by atoms with Crippen molar-refractivity contribution in [3.8, 4) is 0 Å². The molecule has 0 saturated carbocycles. The monoisotopic (exact) mass is 438 g/mol. The Morgan fingerprint density at radius 3 is 2.77 bits per heavy atom. The lowest BCUT2D eigenvalue weighted by atomic mass is 9.71. The maximum Gasteiger partial charge on any atom is 0.310 e. The summed E-state index contributed by atoms with van der Waals surface area (Å²) >= 11 is 1.66. The predicted molar refractivity (Wildman–Crippen MR) is 116 cm³/mol. The van der Waals surface area contributed by atoms with Gasteiger partial charge in [0.1, 0.15) is 6.04 Å². The highest BCUT2D eigenvalue weighted by Crippen LogP contribution is 2.66. The van der Waals surface area contributed by atoms with Gasteiger partial charge < -0.3 is 19.6 Å². The predicted octanol–water partition coefficient (Wildman–Crippen LogP) is 1.84. The summed E-state index contributed by atoms with van der Waals surface area (Å²) in [7, 11) is 0. The summed E-state index contributed by atoms with van der Waals surface area (Å²) in [4.78, 5) is 43.6. The first-order valence-electron chi connectivity index (χ1n) is 11.0. The molecule has 3 saturated heterocycles. The largest absolute Gasteiger partial charge is 0.466 e. The Hall–Kier alpha value is -1.54. The van der Waals surface area contributed by atoms with Crippen LogP contribution >= 0.6 is 11.8 Å². The molecule has 2 amide bonds. The highest BCUT2D eigenvalue weighted by molar-refractivity contribution is 8.02. The Labute approximate surface area is 183 Å². The molecule has 0 aromatic rings. The smallest absolute Gasteiger partial charge is 0.310 e. The van der Waals surface area contributed by atoms with Crippen LogP contribution in [0.4, 0.5) is 0 Å². The summed E-state index contributed by atoms with van der Waals surface area (Å²) in [6, 6.07) is -0.615. The minimum Gasteiger partial charge on any atom is -0.466 e. The van der Waals surface area contributed by atoms with Gasteiger partial charge in [0.15, 0.2) is 0 Å². The molecule has 2 bridgehead atoms. The second-order valence-electron chi connectivity index (χ2n) is 8.64. The van der Waals surface area contributed by atoms with Crippen molar-refractivity contribution in [2.24, 2.45) is 11.8 Å². The molecule has 3 aliphatic heterocycles. The van der Waals surface area contributed by atoms with Gasteiger partial charge in [-0.15, -0.1) is 18.3 Å². The molecule has 0 aromatic carbocycles. The van der Waals surface area contributed by atoms with Crippen LogP contribution in [0.3, 0.4) is 0 Å². The molecular formula is C22H34N2O5S.